The van der Waals surface area contributed by atoms with Crippen molar-refractivity contribution in [2.75, 3.05) is 32.1 Å². The second kappa shape index (κ2) is 6.76. The van der Waals surface area contributed by atoms with E-state index in [1.54, 1.807) is 12.5 Å². The summed E-state index contributed by atoms with van der Waals surface area (Å²) < 4.78 is 0. The van der Waals surface area contributed by atoms with E-state index in [1.807, 2.05) is 17.8 Å². The van der Waals surface area contributed by atoms with Crippen molar-refractivity contribution in [2.45, 2.75) is 6.04 Å². The Morgan fingerprint density at radius 1 is 1.60 bits per heavy atom. The Kier molecular flexibility index (Phi) is 5.60. The number of nitrogens with zero attached hydrogens (tertiary/aromatic N) is 3. The summed E-state index contributed by atoms with van der Waals surface area (Å²) in [4.78, 5) is 10.4. The molecule has 0 radical (unpaired) electrons. The molecule has 0 aromatic carbocycles. The lowest BCUT2D eigenvalue weighted by atomic mass is 10.2. The van der Waals surface area contributed by atoms with Crippen LogP contribution in [0.15, 0.2) is 18.6 Å². The van der Waals surface area contributed by atoms with Gasteiger partial charge in [-0.15, -0.1) is 0 Å². The minimum Gasteiger partial charge on any atom is -0.329 e. The minimum absolute atomic E-state index is 0.195. The van der Waals surface area contributed by atoms with Gasteiger partial charge in [0, 0.05) is 25.0 Å². The Balaban J connectivity index is 2.63. The van der Waals surface area contributed by atoms with Gasteiger partial charge in [-0.05, 0) is 19.4 Å². The van der Waals surface area contributed by atoms with Crippen LogP contribution in [0.4, 0.5) is 0 Å². The molecule has 1 aromatic rings. The Hall–Kier alpha value is -0.650. The lowest BCUT2D eigenvalue weighted by Gasteiger charge is -2.25. The molecule has 0 fully saturated rings. The molecule has 15 heavy (non-hydrogen) atoms. The smallest absolute Gasteiger partial charge is 0.115 e. The van der Waals surface area contributed by atoms with Crippen molar-refractivity contribution in [3.8, 4) is 0 Å². The van der Waals surface area contributed by atoms with Gasteiger partial charge in [0.25, 0.3) is 0 Å². The monoisotopic (exact) mass is 226 g/mol. The highest BCUT2D eigenvalue weighted by molar-refractivity contribution is 7.98. The normalized spacial score (nSPS) is 13.1. The van der Waals surface area contributed by atoms with E-state index in [0.29, 0.717) is 6.54 Å². The fourth-order valence-electron chi connectivity index (χ4n) is 1.42. The lowest BCUT2D eigenvalue weighted by molar-refractivity contribution is 0.260. The third kappa shape index (κ3) is 3.77. The Bertz CT molecular complexity index is 267. The first-order valence-corrected chi connectivity index (χ1v) is 6.34. The summed E-state index contributed by atoms with van der Waals surface area (Å²) in [5, 5.41) is 0. The summed E-state index contributed by atoms with van der Waals surface area (Å²) in [6, 6.07) is 2.12. The number of rotatable bonds is 6. The zero-order valence-corrected chi connectivity index (χ0v) is 10.1. The summed E-state index contributed by atoms with van der Waals surface area (Å²) in [7, 11) is 2.08. The first kappa shape index (κ1) is 12.4. The predicted molar refractivity (Wildman–Crippen MR) is 64.8 cm³/mol. The van der Waals surface area contributed by atoms with E-state index in [1.165, 1.54) is 0 Å². The number of nitrogens with two attached hydrogens (primary N) is 1. The fourth-order valence-corrected chi connectivity index (χ4v) is 1.89. The molecule has 0 spiro atoms. The Morgan fingerprint density at radius 2 is 2.40 bits per heavy atom. The molecule has 4 nitrogen and oxygen atoms in total. The molecule has 0 aliphatic carbocycles. The standard InChI is InChI=1S/C10H18N4S/c1-14(5-6-15-2)10(7-11)9-3-4-12-8-13-9/h3-4,8,10H,5-7,11H2,1-2H3. The lowest BCUT2D eigenvalue weighted by Crippen LogP contribution is -2.32. The molecular formula is C10H18N4S. The maximum absolute atomic E-state index is 5.77. The third-order valence-corrected chi connectivity index (χ3v) is 2.94. The topological polar surface area (TPSA) is 55.0 Å². The van der Waals surface area contributed by atoms with Crippen LogP contribution in [-0.4, -0.2) is 47.0 Å². The van der Waals surface area contributed by atoms with Crippen LogP contribution < -0.4 is 5.73 Å². The average Bonchev–Trinajstić information content (AvgIpc) is 2.29. The van der Waals surface area contributed by atoms with Crippen molar-refractivity contribution >= 4 is 11.8 Å². The fraction of sp³-hybridized carbons (Fsp3) is 0.600. The van der Waals surface area contributed by atoms with E-state index in [0.717, 1.165) is 18.0 Å². The molecule has 1 aromatic heterocycles. The number of likely N-dealkylation sites (N-methyl/N-ethyl adjacent to an activating group) is 1. The van der Waals surface area contributed by atoms with E-state index in [-0.39, 0.29) is 6.04 Å². The zero-order chi connectivity index (χ0) is 11.1. The number of hydrogen-bond acceptors (Lipinski definition) is 5. The second-order valence-corrected chi connectivity index (χ2v) is 4.34. The number of thioether (sulfide) groups is 1. The molecule has 5 heteroatoms. The van der Waals surface area contributed by atoms with Gasteiger partial charge in [0.05, 0.1) is 11.7 Å². The van der Waals surface area contributed by atoms with Gasteiger partial charge >= 0.3 is 0 Å². The maximum atomic E-state index is 5.77. The minimum atomic E-state index is 0.195. The van der Waals surface area contributed by atoms with E-state index in [4.69, 9.17) is 5.73 Å². The Labute approximate surface area is 95.3 Å². The summed E-state index contributed by atoms with van der Waals surface area (Å²) in [6.45, 7) is 1.61. The van der Waals surface area contributed by atoms with Gasteiger partial charge in [0.2, 0.25) is 0 Å². The molecule has 1 unspecified atom stereocenters. The van der Waals surface area contributed by atoms with Gasteiger partial charge in [0.15, 0.2) is 0 Å². The van der Waals surface area contributed by atoms with Crippen molar-refractivity contribution in [1.82, 2.24) is 14.9 Å². The first-order valence-electron chi connectivity index (χ1n) is 4.94. The SMILES string of the molecule is CSCCN(C)C(CN)c1ccncn1. The third-order valence-electron chi connectivity index (χ3n) is 2.35. The predicted octanol–water partition coefficient (Wildman–Crippen LogP) is 0.771. The van der Waals surface area contributed by atoms with E-state index >= 15 is 0 Å². The number of aromatic nitrogens is 2. The molecule has 0 aliphatic rings. The van der Waals surface area contributed by atoms with E-state index < -0.39 is 0 Å². The van der Waals surface area contributed by atoms with Crippen LogP contribution in [0, 0.1) is 0 Å². The van der Waals surface area contributed by atoms with Crippen molar-refractivity contribution in [3.05, 3.63) is 24.3 Å². The van der Waals surface area contributed by atoms with Crippen LogP contribution in [0.1, 0.15) is 11.7 Å². The van der Waals surface area contributed by atoms with Crippen LogP contribution in [0.25, 0.3) is 0 Å². The van der Waals surface area contributed by atoms with Gasteiger partial charge in [0.1, 0.15) is 6.33 Å². The Morgan fingerprint density at radius 3 is 2.93 bits per heavy atom. The van der Waals surface area contributed by atoms with Gasteiger partial charge in [-0.1, -0.05) is 0 Å². The van der Waals surface area contributed by atoms with Gasteiger partial charge in [-0.2, -0.15) is 11.8 Å². The van der Waals surface area contributed by atoms with Crippen LogP contribution >= 0.6 is 11.8 Å². The highest BCUT2D eigenvalue weighted by atomic mass is 32.2. The molecule has 1 heterocycles. The van der Waals surface area contributed by atoms with Gasteiger partial charge in [-0.25, -0.2) is 9.97 Å². The molecule has 0 aliphatic heterocycles. The van der Waals surface area contributed by atoms with Crippen LogP contribution in [0.2, 0.25) is 0 Å². The number of hydrogen-bond donors (Lipinski definition) is 1. The zero-order valence-electron chi connectivity index (χ0n) is 9.26. The highest BCUT2D eigenvalue weighted by Gasteiger charge is 2.15. The van der Waals surface area contributed by atoms with E-state index in [9.17, 15) is 0 Å². The van der Waals surface area contributed by atoms with Crippen molar-refractivity contribution < 1.29 is 0 Å². The van der Waals surface area contributed by atoms with Crippen molar-refractivity contribution in [3.63, 3.8) is 0 Å². The van der Waals surface area contributed by atoms with Crippen molar-refractivity contribution in [2.24, 2.45) is 5.73 Å². The molecule has 1 rings (SSSR count). The molecule has 0 amide bonds. The molecule has 2 N–H and O–H groups in total. The molecule has 84 valence electrons. The van der Waals surface area contributed by atoms with Crippen LogP contribution in [-0.2, 0) is 0 Å². The molecular weight excluding hydrogens is 208 g/mol. The summed E-state index contributed by atoms with van der Waals surface area (Å²) in [5.74, 6) is 1.11. The second-order valence-electron chi connectivity index (χ2n) is 3.36. The van der Waals surface area contributed by atoms with Crippen LogP contribution in [0.5, 0.6) is 0 Å². The molecule has 1 atom stereocenters. The summed E-state index contributed by atoms with van der Waals surface area (Å²) in [6.07, 6.45) is 5.43. The first-order chi connectivity index (χ1) is 7.29. The highest BCUT2D eigenvalue weighted by Crippen LogP contribution is 2.14. The largest absolute Gasteiger partial charge is 0.329 e. The van der Waals surface area contributed by atoms with Gasteiger partial charge in [-0.3, -0.25) is 4.90 Å². The summed E-state index contributed by atoms with van der Waals surface area (Å²) >= 11 is 1.84. The summed E-state index contributed by atoms with van der Waals surface area (Å²) in [5.41, 5.74) is 6.76. The molecule has 0 saturated heterocycles. The average molecular weight is 226 g/mol. The van der Waals surface area contributed by atoms with E-state index in [2.05, 4.69) is 28.2 Å². The maximum Gasteiger partial charge on any atom is 0.115 e. The quantitative estimate of drug-likeness (QED) is 0.776. The molecule has 0 bridgehead atoms. The molecule has 0 saturated carbocycles. The van der Waals surface area contributed by atoms with Crippen LogP contribution in [0.3, 0.4) is 0 Å². The van der Waals surface area contributed by atoms with Gasteiger partial charge < -0.3 is 5.73 Å². The van der Waals surface area contributed by atoms with Crippen molar-refractivity contribution in [1.29, 1.82) is 0 Å².